The molecule has 1 saturated carbocycles. The zero-order valence-corrected chi connectivity index (χ0v) is 18.0. The summed E-state index contributed by atoms with van der Waals surface area (Å²) in [5, 5.41) is 7.33. The molecule has 1 aromatic rings. The lowest BCUT2D eigenvalue weighted by molar-refractivity contribution is -0.127. The average molecular weight is 479 g/mol. The molecule has 1 amide bonds. The van der Waals surface area contributed by atoms with E-state index in [1.165, 1.54) is 19.3 Å². The summed E-state index contributed by atoms with van der Waals surface area (Å²) in [7, 11) is 3.50. The first-order chi connectivity index (χ1) is 11.5. The predicted molar refractivity (Wildman–Crippen MR) is 115 cm³/mol. The third kappa shape index (κ3) is 8.27. The van der Waals surface area contributed by atoms with Crippen molar-refractivity contribution in [3.8, 4) is 0 Å². The van der Waals surface area contributed by atoms with Gasteiger partial charge in [0.1, 0.15) is 0 Å². The molecule has 0 radical (unpaired) electrons. The van der Waals surface area contributed by atoms with Gasteiger partial charge in [0.25, 0.3) is 0 Å². The van der Waals surface area contributed by atoms with Crippen molar-refractivity contribution in [1.29, 1.82) is 0 Å². The number of nitrogens with zero attached hydrogens (tertiary/aromatic N) is 2. The van der Waals surface area contributed by atoms with Crippen molar-refractivity contribution in [2.75, 3.05) is 20.6 Å². The van der Waals surface area contributed by atoms with Crippen LogP contribution in [-0.2, 0) is 11.3 Å². The molecular formula is C18H28ClIN4O. The van der Waals surface area contributed by atoms with Gasteiger partial charge >= 0.3 is 0 Å². The summed E-state index contributed by atoms with van der Waals surface area (Å²) >= 11 is 6.02. The fraction of sp³-hybridized carbons (Fsp3) is 0.556. The molecule has 7 heteroatoms. The van der Waals surface area contributed by atoms with Gasteiger partial charge in [-0.15, -0.1) is 24.0 Å². The third-order valence-electron chi connectivity index (χ3n) is 4.16. The molecule has 5 nitrogen and oxygen atoms in total. The number of likely N-dealkylation sites (N-methyl/N-ethyl adjacent to an activating group) is 1. The molecule has 25 heavy (non-hydrogen) atoms. The number of nitrogens with one attached hydrogen (secondary N) is 2. The molecule has 1 aliphatic carbocycles. The zero-order chi connectivity index (χ0) is 17.4. The second-order valence-corrected chi connectivity index (χ2v) is 6.85. The number of guanidine groups is 1. The van der Waals surface area contributed by atoms with Crippen LogP contribution < -0.4 is 10.6 Å². The Morgan fingerprint density at radius 2 is 2.00 bits per heavy atom. The molecular weight excluding hydrogens is 451 g/mol. The van der Waals surface area contributed by atoms with Crippen LogP contribution in [0, 0.1) is 0 Å². The molecule has 0 heterocycles. The van der Waals surface area contributed by atoms with Crippen molar-refractivity contribution in [3.05, 3.63) is 34.9 Å². The van der Waals surface area contributed by atoms with E-state index in [-0.39, 0.29) is 36.4 Å². The number of hydrogen-bond acceptors (Lipinski definition) is 2. The molecule has 0 aromatic heterocycles. The molecule has 2 rings (SSSR count). The molecule has 0 atom stereocenters. The molecule has 0 unspecified atom stereocenters. The minimum atomic E-state index is 0. The Hall–Kier alpha value is -1.02. The van der Waals surface area contributed by atoms with Gasteiger partial charge in [-0.05, 0) is 30.5 Å². The second kappa shape index (κ2) is 11.6. The third-order valence-corrected chi connectivity index (χ3v) is 4.40. The lowest BCUT2D eigenvalue weighted by atomic mass is 9.96. The first-order valence-electron chi connectivity index (χ1n) is 8.54. The van der Waals surface area contributed by atoms with Crippen LogP contribution in [0.4, 0.5) is 0 Å². The normalized spacial score (nSPS) is 15.2. The molecule has 1 aliphatic rings. The largest absolute Gasteiger partial charge is 0.354 e. The zero-order valence-electron chi connectivity index (χ0n) is 14.9. The van der Waals surface area contributed by atoms with E-state index in [2.05, 4.69) is 15.6 Å². The summed E-state index contributed by atoms with van der Waals surface area (Å²) < 4.78 is 0. The van der Waals surface area contributed by atoms with Crippen molar-refractivity contribution >= 4 is 47.4 Å². The highest BCUT2D eigenvalue weighted by Crippen LogP contribution is 2.17. The van der Waals surface area contributed by atoms with E-state index >= 15 is 0 Å². The van der Waals surface area contributed by atoms with Gasteiger partial charge in [-0.3, -0.25) is 4.79 Å². The number of rotatable bonds is 5. The van der Waals surface area contributed by atoms with Crippen molar-refractivity contribution < 1.29 is 4.79 Å². The summed E-state index contributed by atoms with van der Waals surface area (Å²) in [6, 6.07) is 8.11. The van der Waals surface area contributed by atoms with Gasteiger partial charge in [0, 0.05) is 25.2 Å². The first kappa shape index (κ1) is 22.0. The van der Waals surface area contributed by atoms with Crippen LogP contribution in [0.3, 0.4) is 0 Å². The minimum absolute atomic E-state index is 0. The lowest BCUT2D eigenvalue weighted by Gasteiger charge is -2.25. The highest BCUT2D eigenvalue weighted by molar-refractivity contribution is 14.0. The molecule has 0 spiro atoms. The fourth-order valence-corrected chi connectivity index (χ4v) is 2.93. The maximum atomic E-state index is 11.8. The van der Waals surface area contributed by atoms with Crippen LogP contribution in [-0.4, -0.2) is 43.4 Å². The Labute approximate surface area is 172 Å². The number of carbonyl (C=O) groups is 1. The van der Waals surface area contributed by atoms with Crippen LogP contribution in [0.2, 0.25) is 5.02 Å². The average Bonchev–Trinajstić information content (AvgIpc) is 2.58. The summed E-state index contributed by atoms with van der Waals surface area (Å²) in [6.45, 7) is 0.764. The number of carbonyl (C=O) groups excluding carboxylic acids is 1. The van der Waals surface area contributed by atoms with E-state index in [1.54, 1.807) is 19.0 Å². The monoisotopic (exact) mass is 478 g/mol. The quantitative estimate of drug-likeness (QED) is 0.387. The number of amides is 1. The van der Waals surface area contributed by atoms with Gasteiger partial charge in [0.2, 0.25) is 5.91 Å². The topological polar surface area (TPSA) is 56.7 Å². The summed E-state index contributed by atoms with van der Waals surface area (Å²) in [5.74, 6) is 0.716. The van der Waals surface area contributed by atoms with Crippen molar-refractivity contribution in [2.45, 2.75) is 44.7 Å². The highest BCUT2D eigenvalue weighted by Gasteiger charge is 2.15. The van der Waals surface area contributed by atoms with Gasteiger partial charge in [0.05, 0.1) is 13.1 Å². The Balaban J connectivity index is 0.00000312. The van der Waals surface area contributed by atoms with Gasteiger partial charge < -0.3 is 15.5 Å². The lowest BCUT2D eigenvalue weighted by Crippen LogP contribution is -2.47. The molecule has 1 fully saturated rings. The second-order valence-electron chi connectivity index (χ2n) is 6.42. The van der Waals surface area contributed by atoms with Gasteiger partial charge in [-0.1, -0.05) is 43.0 Å². The van der Waals surface area contributed by atoms with Crippen molar-refractivity contribution in [3.63, 3.8) is 0 Å². The molecule has 0 saturated heterocycles. The van der Waals surface area contributed by atoms with Crippen LogP contribution in [0.1, 0.15) is 37.7 Å². The number of hydrogen-bond donors (Lipinski definition) is 2. The van der Waals surface area contributed by atoms with E-state index in [4.69, 9.17) is 11.6 Å². The van der Waals surface area contributed by atoms with Crippen LogP contribution in [0.5, 0.6) is 0 Å². The molecule has 140 valence electrons. The van der Waals surface area contributed by atoms with E-state index in [9.17, 15) is 4.79 Å². The van der Waals surface area contributed by atoms with Crippen LogP contribution >= 0.6 is 35.6 Å². The van der Waals surface area contributed by atoms with Gasteiger partial charge in [-0.2, -0.15) is 0 Å². The number of benzene rings is 1. The Bertz CT molecular complexity index is 574. The standard InChI is InChI=1S/C18H27ClN4O.HI/c1-23(2)17(24)13-21-18(22-16-9-4-3-5-10-16)20-12-14-7-6-8-15(19)11-14;/h6-8,11,16H,3-5,9-10,12-13H2,1-2H3,(H2,20,21,22);1H. The summed E-state index contributed by atoms with van der Waals surface area (Å²) in [5.41, 5.74) is 1.05. The maximum absolute atomic E-state index is 11.8. The van der Waals surface area contributed by atoms with E-state index in [0.29, 0.717) is 23.6 Å². The van der Waals surface area contributed by atoms with Crippen LogP contribution in [0.15, 0.2) is 29.3 Å². The number of aliphatic imine (C=N–C) groups is 1. The Morgan fingerprint density at radius 3 is 2.64 bits per heavy atom. The maximum Gasteiger partial charge on any atom is 0.241 e. The Morgan fingerprint density at radius 1 is 1.28 bits per heavy atom. The van der Waals surface area contributed by atoms with Crippen LogP contribution in [0.25, 0.3) is 0 Å². The SMILES string of the molecule is CN(C)C(=O)CNC(=NCc1cccc(Cl)c1)NC1CCCCC1.I. The summed E-state index contributed by atoms with van der Waals surface area (Å²) in [4.78, 5) is 18.0. The predicted octanol–water partition coefficient (Wildman–Crippen LogP) is 3.41. The number of halogens is 2. The molecule has 0 aliphatic heterocycles. The first-order valence-corrected chi connectivity index (χ1v) is 8.92. The van der Waals surface area contributed by atoms with Gasteiger partial charge in [0.15, 0.2) is 5.96 Å². The fourth-order valence-electron chi connectivity index (χ4n) is 2.72. The Kier molecular flexibility index (Phi) is 10.2. The minimum Gasteiger partial charge on any atom is -0.354 e. The molecule has 1 aromatic carbocycles. The van der Waals surface area contributed by atoms with Gasteiger partial charge in [-0.25, -0.2) is 4.99 Å². The smallest absolute Gasteiger partial charge is 0.241 e. The van der Waals surface area contributed by atoms with E-state index in [1.807, 2.05) is 24.3 Å². The highest BCUT2D eigenvalue weighted by atomic mass is 127. The molecule has 0 bridgehead atoms. The summed E-state index contributed by atoms with van der Waals surface area (Å²) in [6.07, 6.45) is 6.10. The van der Waals surface area contributed by atoms with Crippen molar-refractivity contribution in [1.82, 2.24) is 15.5 Å². The molecule has 2 N–H and O–H groups in total. The van der Waals surface area contributed by atoms with E-state index < -0.39 is 0 Å². The van der Waals surface area contributed by atoms with Crippen molar-refractivity contribution in [2.24, 2.45) is 4.99 Å². The van der Waals surface area contributed by atoms with E-state index in [0.717, 1.165) is 18.4 Å².